The third-order valence-electron chi connectivity index (χ3n) is 3.33. The number of aliphatic hydroxyl groups is 1. The molecule has 1 saturated carbocycles. The minimum absolute atomic E-state index is 0.105. The predicted molar refractivity (Wildman–Crippen MR) is 71.0 cm³/mol. The number of rotatable bonds is 6. The number of nitrogens with one attached hydrogen (secondary N) is 1. The van der Waals surface area contributed by atoms with Gasteiger partial charge in [-0.25, -0.2) is 0 Å². The van der Waals surface area contributed by atoms with Crippen LogP contribution < -0.4 is 5.32 Å². The quantitative estimate of drug-likeness (QED) is 0.819. The summed E-state index contributed by atoms with van der Waals surface area (Å²) in [5.41, 5.74) is 0. The average Bonchev–Trinajstić information content (AvgIpc) is 2.90. The fourth-order valence-corrected chi connectivity index (χ4v) is 2.81. The van der Waals surface area contributed by atoms with Crippen molar-refractivity contribution in [3.05, 3.63) is 23.7 Å². The van der Waals surface area contributed by atoms with E-state index in [4.69, 9.17) is 4.42 Å². The van der Waals surface area contributed by atoms with Gasteiger partial charge in [-0.3, -0.25) is 0 Å². The summed E-state index contributed by atoms with van der Waals surface area (Å²) in [5.74, 6) is 3.38. The van der Waals surface area contributed by atoms with E-state index in [-0.39, 0.29) is 6.10 Å². The molecule has 0 radical (unpaired) electrons. The zero-order valence-corrected chi connectivity index (χ0v) is 11.1. The molecular weight excluding hydrogens is 234 g/mol. The van der Waals surface area contributed by atoms with Gasteiger partial charge >= 0.3 is 0 Å². The van der Waals surface area contributed by atoms with Gasteiger partial charge in [0, 0.05) is 6.54 Å². The van der Waals surface area contributed by atoms with Gasteiger partial charge < -0.3 is 14.8 Å². The largest absolute Gasteiger partial charge is 0.464 e. The fraction of sp³-hybridized carbons (Fsp3) is 0.692. The fourth-order valence-electron chi connectivity index (χ4n) is 2.37. The summed E-state index contributed by atoms with van der Waals surface area (Å²) in [6, 6.07) is 4.07. The van der Waals surface area contributed by atoms with Gasteiger partial charge in [-0.2, -0.15) is 11.8 Å². The molecule has 2 rings (SSSR count). The SMILES string of the molecule is CSCc1ccc(CNCC2CCCC2O)o1. The van der Waals surface area contributed by atoms with Crippen molar-refractivity contribution in [3.8, 4) is 0 Å². The highest BCUT2D eigenvalue weighted by atomic mass is 32.2. The maximum atomic E-state index is 9.69. The Hall–Kier alpha value is -0.450. The minimum atomic E-state index is -0.105. The summed E-state index contributed by atoms with van der Waals surface area (Å²) in [7, 11) is 0. The molecule has 0 aliphatic heterocycles. The first-order chi connectivity index (χ1) is 8.29. The summed E-state index contributed by atoms with van der Waals surface area (Å²) in [6.45, 7) is 1.65. The Bertz CT molecular complexity index is 340. The smallest absolute Gasteiger partial charge is 0.117 e. The van der Waals surface area contributed by atoms with Crippen LogP contribution in [0.1, 0.15) is 30.8 Å². The van der Waals surface area contributed by atoms with Gasteiger partial charge in [0.15, 0.2) is 0 Å². The van der Waals surface area contributed by atoms with Crippen LogP contribution in [0, 0.1) is 5.92 Å². The van der Waals surface area contributed by atoms with E-state index in [1.807, 2.05) is 12.1 Å². The molecule has 17 heavy (non-hydrogen) atoms. The topological polar surface area (TPSA) is 45.4 Å². The molecule has 1 fully saturated rings. The van der Waals surface area contributed by atoms with Crippen LogP contribution in [0.15, 0.2) is 16.5 Å². The number of hydrogen-bond acceptors (Lipinski definition) is 4. The number of furan rings is 1. The lowest BCUT2D eigenvalue weighted by molar-refractivity contribution is 0.131. The van der Waals surface area contributed by atoms with E-state index in [1.165, 1.54) is 0 Å². The predicted octanol–water partition coefficient (Wildman–Crippen LogP) is 2.39. The van der Waals surface area contributed by atoms with E-state index in [1.54, 1.807) is 11.8 Å². The highest BCUT2D eigenvalue weighted by Crippen LogP contribution is 2.24. The van der Waals surface area contributed by atoms with Gasteiger partial charge in [-0.15, -0.1) is 0 Å². The first kappa shape index (κ1) is 13.0. The van der Waals surface area contributed by atoms with Crippen molar-refractivity contribution in [2.24, 2.45) is 5.92 Å². The average molecular weight is 255 g/mol. The molecule has 1 aliphatic carbocycles. The monoisotopic (exact) mass is 255 g/mol. The Labute approximate surface area is 107 Å². The highest BCUT2D eigenvalue weighted by molar-refractivity contribution is 7.97. The lowest BCUT2D eigenvalue weighted by Crippen LogP contribution is -2.27. The zero-order valence-electron chi connectivity index (χ0n) is 10.3. The van der Waals surface area contributed by atoms with Gasteiger partial charge in [0.2, 0.25) is 0 Å². The number of aliphatic hydroxyl groups excluding tert-OH is 1. The molecule has 1 aliphatic rings. The van der Waals surface area contributed by atoms with Crippen LogP contribution in [-0.2, 0) is 12.3 Å². The summed E-state index contributed by atoms with van der Waals surface area (Å²) < 4.78 is 5.67. The number of hydrogen-bond donors (Lipinski definition) is 2. The summed E-state index contributed by atoms with van der Waals surface area (Å²) in [5, 5.41) is 13.1. The van der Waals surface area contributed by atoms with E-state index >= 15 is 0 Å². The third kappa shape index (κ3) is 3.76. The van der Waals surface area contributed by atoms with E-state index in [2.05, 4.69) is 11.6 Å². The number of thioether (sulfide) groups is 1. The molecule has 2 atom stereocenters. The van der Waals surface area contributed by atoms with Crippen molar-refractivity contribution < 1.29 is 9.52 Å². The van der Waals surface area contributed by atoms with Gasteiger partial charge in [-0.1, -0.05) is 6.42 Å². The maximum Gasteiger partial charge on any atom is 0.117 e. The van der Waals surface area contributed by atoms with Gasteiger partial charge in [0.25, 0.3) is 0 Å². The second-order valence-electron chi connectivity index (χ2n) is 4.69. The van der Waals surface area contributed by atoms with E-state index in [0.717, 1.165) is 49.6 Å². The van der Waals surface area contributed by atoms with Crippen molar-refractivity contribution in [2.75, 3.05) is 12.8 Å². The summed E-state index contributed by atoms with van der Waals surface area (Å²) in [6.07, 6.45) is 5.23. The van der Waals surface area contributed by atoms with Crippen LogP contribution in [0.4, 0.5) is 0 Å². The normalized spacial score (nSPS) is 24.4. The lowest BCUT2D eigenvalue weighted by atomic mass is 10.1. The van der Waals surface area contributed by atoms with Crippen molar-refractivity contribution in [1.82, 2.24) is 5.32 Å². The van der Waals surface area contributed by atoms with E-state index in [0.29, 0.717) is 5.92 Å². The van der Waals surface area contributed by atoms with Crippen molar-refractivity contribution in [2.45, 2.75) is 37.7 Å². The lowest BCUT2D eigenvalue weighted by Gasteiger charge is -2.14. The van der Waals surface area contributed by atoms with Gasteiger partial charge in [-0.05, 0) is 37.1 Å². The molecule has 0 spiro atoms. The molecule has 1 aromatic heterocycles. The summed E-state index contributed by atoms with van der Waals surface area (Å²) in [4.78, 5) is 0. The minimum Gasteiger partial charge on any atom is -0.464 e. The molecule has 1 heterocycles. The zero-order chi connectivity index (χ0) is 12.1. The van der Waals surface area contributed by atoms with Crippen LogP contribution in [-0.4, -0.2) is 24.0 Å². The molecule has 3 nitrogen and oxygen atoms in total. The van der Waals surface area contributed by atoms with Crippen LogP contribution in [0.5, 0.6) is 0 Å². The molecule has 2 N–H and O–H groups in total. The molecule has 0 bridgehead atoms. The summed E-state index contributed by atoms with van der Waals surface area (Å²) >= 11 is 1.77. The van der Waals surface area contributed by atoms with Crippen LogP contribution in [0.2, 0.25) is 0 Å². The molecule has 1 aromatic rings. The molecule has 2 unspecified atom stereocenters. The Morgan fingerprint density at radius 2 is 2.24 bits per heavy atom. The van der Waals surface area contributed by atoms with Crippen LogP contribution in [0.3, 0.4) is 0 Å². The Morgan fingerprint density at radius 3 is 2.94 bits per heavy atom. The van der Waals surface area contributed by atoms with Gasteiger partial charge in [0.1, 0.15) is 11.5 Å². The van der Waals surface area contributed by atoms with Crippen molar-refractivity contribution in [3.63, 3.8) is 0 Å². The Kier molecular flexibility index (Phi) is 4.95. The van der Waals surface area contributed by atoms with Gasteiger partial charge in [0.05, 0.1) is 18.4 Å². The van der Waals surface area contributed by atoms with E-state index < -0.39 is 0 Å². The molecule has 0 aromatic carbocycles. The second-order valence-corrected chi connectivity index (χ2v) is 5.56. The van der Waals surface area contributed by atoms with E-state index in [9.17, 15) is 5.11 Å². The van der Waals surface area contributed by atoms with Crippen molar-refractivity contribution in [1.29, 1.82) is 0 Å². The second kappa shape index (κ2) is 6.47. The van der Waals surface area contributed by atoms with Crippen LogP contribution in [0.25, 0.3) is 0 Å². The first-order valence-corrected chi connectivity index (χ1v) is 7.64. The molecule has 96 valence electrons. The first-order valence-electron chi connectivity index (χ1n) is 6.25. The molecular formula is C13H21NO2S. The Balaban J connectivity index is 1.70. The molecule has 4 heteroatoms. The third-order valence-corrected chi connectivity index (χ3v) is 3.90. The Morgan fingerprint density at radius 1 is 1.41 bits per heavy atom. The van der Waals surface area contributed by atoms with Crippen LogP contribution >= 0.6 is 11.8 Å². The van der Waals surface area contributed by atoms with Crippen molar-refractivity contribution >= 4 is 11.8 Å². The highest BCUT2D eigenvalue weighted by Gasteiger charge is 2.24. The molecule has 0 saturated heterocycles. The standard InChI is InChI=1S/C13H21NO2S/c1-17-9-12-6-5-11(16-12)8-14-7-10-3-2-4-13(10)15/h5-6,10,13-15H,2-4,7-9H2,1H3. The molecule has 0 amide bonds. The maximum absolute atomic E-state index is 9.69.